The molecule has 2 N–H and O–H groups in total. The summed E-state index contributed by atoms with van der Waals surface area (Å²) in [4.78, 5) is 13.8. The third kappa shape index (κ3) is 2.57. The van der Waals surface area contributed by atoms with E-state index in [4.69, 9.17) is 5.73 Å². The Morgan fingerprint density at radius 3 is 2.50 bits per heavy atom. The molecular formula is C13H24N2O. The maximum absolute atomic E-state index is 11.7. The van der Waals surface area contributed by atoms with Crippen LogP contribution in [0.4, 0.5) is 0 Å². The minimum absolute atomic E-state index is 0.0841. The Balaban J connectivity index is 1.82. The molecule has 2 rings (SSSR count). The molecule has 0 aromatic heterocycles. The Kier molecular flexibility index (Phi) is 3.85. The van der Waals surface area contributed by atoms with Crippen LogP contribution in [0.5, 0.6) is 0 Å². The standard InChI is InChI=1S/C13H24N2O/c1-2-3-10-4-6-12(7-5-10)15-9-11(14)8-13(15)16/h10-12H,2-9,14H2,1H3. The van der Waals surface area contributed by atoms with Gasteiger partial charge in [-0.15, -0.1) is 0 Å². The molecule has 16 heavy (non-hydrogen) atoms. The van der Waals surface area contributed by atoms with Gasteiger partial charge in [0.15, 0.2) is 0 Å². The molecule has 0 aromatic carbocycles. The van der Waals surface area contributed by atoms with E-state index < -0.39 is 0 Å². The molecule has 3 nitrogen and oxygen atoms in total. The van der Waals surface area contributed by atoms with Crippen LogP contribution >= 0.6 is 0 Å². The Labute approximate surface area is 98.4 Å². The van der Waals surface area contributed by atoms with Crippen molar-refractivity contribution in [1.29, 1.82) is 0 Å². The first kappa shape index (κ1) is 11.9. The molecule has 1 aliphatic carbocycles. The van der Waals surface area contributed by atoms with Crippen molar-refractivity contribution in [3.63, 3.8) is 0 Å². The summed E-state index contributed by atoms with van der Waals surface area (Å²) >= 11 is 0. The summed E-state index contributed by atoms with van der Waals surface area (Å²) < 4.78 is 0. The molecule has 1 unspecified atom stereocenters. The van der Waals surface area contributed by atoms with Crippen molar-refractivity contribution in [3.8, 4) is 0 Å². The molecule has 1 amide bonds. The molecule has 0 spiro atoms. The third-order valence-corrected chi connectivity index (χ3v) is 4.14. The van der Waals surface area contributed by atoms with E-state index in [-0.39, 0.29) is 11.9 Å². The molecule has 1 aliphatic heterocycles. The van der Waals surface area contributed by atoms with Gasteiger partial charge in [0, 0.05) is 25.0 Å². The lowest BCUT2D eigenvalue weighted by molar-refractivity contribution is -0.130. The number of likely N-dealkylation sites (tertiary alicyclic amines) is 1. The van der Waals surface area contributed by atoms with Crippen LogP contribution in [0.3, 0.4) is 0 Å². The van der Waals surface area contributed by atoms with Crippen molar-refractivity contribution >= 4 is 5.91 Å². The maximum Gasteiger partial charge on any atom is 0.224 e. The number of amides is 1. The largest absolute Gasteiger partial charge is 0.338 e. The van der Waals surface area contributed by atoms with E-state index >= 15 is 0 Å². The molecule has 0 bridgehead atoms. The zero-order valence-corrected chi connectivity index (χ0v) is 10.3. The minimum atomic E-state index is 0.0841. The van der Waals surface area contributed by atoms with Crippen molar-refractivity contribution < 1.29 is 4.79 Å². The van der Waals surface area contributed by atoms with Gasteiger partial charge in [0.1, 0.15) is 0 Å². The Morgan fingerprint density at radius 1 is 1.31 bits per heavy atom. The average Bonchev–Trinajstić information content (AvgIpc) is 2.59. The van der Waals surface area contributed by atoms with E-state index in [1.54, 1.807) is 0 Å². The lowest BCUT2D eigenvalue weighted by Crippen LogP contribution is -2.40. The Bertz CT molecular complexity index is 246. The summed E-state index contributed by atoms with van der Waals surface area (Å²) in [5.74, 6) is 1.19. The van der Waals surface area contributed by atoms with E-state index in [2.05, 4.69) is 6.92 Å². The summed E-state index contributed by atoms with van der Waals surface area (Å²) in [7, 11) is 0. The number of nitrogens with two attached hydrogens (primary N) is 1. The molecule has 1 atom stereocenters. The molecule has 2 aliphatic rings. The van der Waals surface area contributed by atoms with Gasteiger partial charge in [0.25, 0.3) is 0 Å². The SMILES string of the molecule is CCCC1CCC(N2CC(N)CC2=O)CC1. The first-order valence-electron chi connectivity index (χ1n) is 6.75. The van der Waals surface area contributed by atoms with E-state index in [0.717, 1.165) is 12.5 Å². The predicted octanol–water partition coefficient (Wildman–Crippen LogP) is 1.90. The smallest absolute Gasteiger partial charge is 0.224 e. The van der Waals surface area contributed by atoms with Crippen LogP contribution in [0.15, 0.2) is 0 Å². The summed E-state index contributed by atoms with van der Waals surface area (Å²) in [5.41, 5.74) is 5.83. The van der Waals surface area contributed by atoms with Crippen LogP contribution in [0.1, 0.15) is 51.9 Å². The highest BCUT2D eigenvalue weighted by Crippen LogP contribution is 2.31. The zero-order chi connectivity index (χ0) is 11.5. The highest BCUT2D eigenvalue weighted by Gasteiger charge is 2.34. The van der Waals surface area contributed by atoms with Crippen molar-refractivity contribution in [2.24, 2.45) is 11.7 Å². The van der Waals surface area contributed by atoms with Gasteiger partial charge < -0.3 is 10.6 Å². The van der Waals surface area contributed by atoms with Gasteiger partial charge in [-0.25, -0.2) is 0 Å². The molecule has 1 saturated heterocycles. The summed E-state index contributed by atoms with van der Waals surface area (Å²) in [6, 6.07) is 0.579. The third-order valence-electron chi connectivity index (χ3n) is 4.14. The second-order valence-electron chi connectivity index (χ2n) is 5.47. The molecular weight excluding hydrogens is 200 g/mol. The fourth-order valence-corrected chi connectivity index (χ4v) is 3.27. The van der Waals surface area contributed by atoms with Crippen LogP contribution in [-0.4, -0.2) is 29.4 Å². The maximum atomic E-state index is 11.7. The van der Waals surface area contributed by atoms with Gasteiger partial charge in [0.2, 0.25) is 5.91 Å². The zero-order valence-electron chi connectivity index (χ0n) is 10.3. The van der Waals surface area contributed by atoms with Crippen LogP contribution in [0, 0.1) is 5.92 Å². The minimum Gasteiger partial charge on any atom is -0.338 e. The first-order chi connectivity index (χ1) is 7.70. The number of nitrogens with zero attached hydrogens (tertiary/aromatic N) is 1. The predicted molar refractivity (Wildman–Crippen MR) is 65.0 cm³/mol. The number of hydrogen-bond donors (Lipinski definition) is 1. The molecule has 1 heterocycles. The van der Waals surface area contributed by atoms with Gasteiger partial charge in [-0.3, -0.25) is 4.79 Å². The molecule has 1 saturated carbocycles. The summed E-state index contributed by atoms with van der Waals surface area (Å²) in [6.45, 7) is 3.05. The highest BCUT2D eigenvalue weighted by atomic mass is 16.2. The Morgan fingerprint density at radius 2 is 2.00 bits per heavy atom. The summed E-state index contributed by atoms with van der Waals surface area (Å²) in [5, 5.41) is 0. The van der Waals surface area contributed by atoms with E-state index in [1.165, 1.54) is 38.5 Å². The second-order valence-corrected chi connectivity index (χ2v) is 5.47. The van der Waals surface area contributed by atoms with Crippen LogP contribution < -0.4 is 5.73 Å². The van der Waals surface area contributed by atoms with Crippen molar-refractivity contribution in [1.82, 2.24) is 4.90 Å². The van der Waals surface area contributed by atoms with Crippen molar-refractivity contribution in [2.45, 2.75) is 64.0 Å². The van der Waals surface area contributed by atoms with Crippen LogP contribution in [0.25, 0.3) is 0 Å². The molecule has 0 radical (unpaired) electrons. The number of carbonyl (C=O) groups excluding carboxylic acids is 1. The molecule has 3 heteroatoms. The second kappa shape index (κ2) is 5.17. The number of hydrogen-bond acceptors (Lipinski definition) is 2. The first-order valence-corrected chi connectivity index (χ1v) is 6.75. The van der Waals surface area contributed by atoms with Crippen LogP contribution in [-0.2, 0) is 4.79 Å². The topological polar surface area (TPSA) is 46.3 Å². The fourth-order valence-electron chi connectivity index (χ4n) is 3.27. The molecule has 92 valence electrons. The van der Waals surface area contributed by atoms with E-state index in [9.17, 15) is 4.79 Å². The number of rotatable bonds is 3. The van der Waals surface area contributed by atoms with Crippen LogP contribution in [0.2, 0.25) is 0 Å². The van der Waals surface area contributed by atoms with Crippen molar-refractivity contribution in [2.75, 3.05) is 6.54 Å². The van der Waals surface area contributed by atoms with Gasteiger partial charge in [-0.1, -0.05) is 19.8 Å². The van der Waals surface area contributed by atoms with Gasteiger partial charge in [0.05, 0.1) is 0 Å². The lowest BCUT2D eigenvalue weighted by Gasteiger charge is -2.34. The quantitative estimate of drug-likeness (QED) is 0.796. The van der Waals surface area contributed by atoms with Gasteiger partial charge in [-0.2, -0.15) is 0 Å². The normalized spacial score (nSPS) is 35.8. The molecule has 0 aromatic rings. The lowest BCUT2D eigenvalue weighted by atomic mass is 9.83. The highest BCUT2D eigenvalue weighted by molar-refractivity contribution is 5.79. The Hall–Kier alpha value is -0.570. The average molecular weight is 224 g/mol. The van der Waals surface area contributed by atoms with Crippen molar-refractivity contribution in [3.05, 3.63) is 0 Å². The number of carbonyl (C=O) groups is 1. The fraction of sp³-hybridized carbons (Fsp3) is 0.923. The van der Waals surface area contributed by atoms with E-state index in [1.807, 2.05) is 4.90 Å². The molecule has 2 fully saturated rings. The van der Waals surface area contributed by atoms with Gasteiger partial charge in [-0.05, 0) is 31.6 Å². The monoisotopic (exact) mass is 224 g/mol. The summed E-state index contributed by atoms with van der Waals surface area (Å²) in [6.07, 6.45) is 8.22. The van der Waals surface area contributed by atoms with Gasteiger partial charge >= 0.3 is 0 Å². The van der Waals surface area contributed by atoms with E-state index in [0.29, 0.717) is 12.5 Å².